The lowest BCUT2D eigenvalue weighted by Crippen LogP contribution is -2.47. The van der Waals surface area contributed by atoms with E-state index >= 15 is 0 Å². The van der Waals surface area contributed by atoms with Crippen molar-refractivity contribution >= 4 is 17.7 Å². The maximum atomic E-state index is 12.2. The van der Waals surface area contributed by atoms with Crippen LogP contribution in [0.5, 0.6) is 11.5 Å². The molecule has 8 heteroatoms. The Balaban J connectivity index is 1.40. The molecule has 1 aromatic rings. The number of nitrogens with one attached hydrogen (secondary N) is 2. The number of nitrogens with zero attached hydrogens (tertiary/aromatic N) is 1. The second-order valence-corrected chi connectivity index (χ2v) is 6.24. The molecule has 1 aromatic carbocycles. The minimum absolute atomic E-state index is 0.0746. The van der Waals surface area contributed by atoms with Crippen LogP contribution in [0.1, 0.15) is 19.8 Å². The normalized spacial score (nSPS) is 16.7. The molecule has 2 N–H and O–H groups in total. The van der Waals surface area contributed by atoms with E-state index in [1.165, 1.54) is 0 Å². The molecular formula is C18H25N3O5. The van der Waals surface area contributed by atoms with Gasteiger partial charge in [0.25, 0.3) is 0 Å². The highest BCUT2D eigenvalue weighted by Crippen LogP contribution is 2.32. The number of carbonyl (C=O) groups is 2. The number of piperidine rings is 1. The number of likely N-dealkylation sites (tertiary alicyclic amines) is 1. The fourth-order valence-electron chi connectivity index (χ4n) is 3.04. The summed E-state index contributed by atoms with van der Waals surface area (Å²) in [5.41, 5.74) is 0.807. The Bertz CT molecular complexity index is 644. The third-order valence-corrected chi connectivity index (χ3v) is 4.38. The lowest BCUT2D eigenvalue weighted by Gasteiger charge is -2.31. The first kappa shape index (κ1) is 18.2. The van der Waals surface area contributed by atoms with E-state index in [-0.39, 0.29) is 24.6 Å². The number of anilines is 1. The van der Waals surface area contributed by atoms with Gasteiger partial charge in [0.05, 0.1) is 13.2 Å². The largest absolute Gasteiger partial charge is 0.486 e. The summed E-state index contributed by atoms with van der Waals surface area (Å²) in [7, 11) is 0. The van der Waals surface area contributed by atoms with Crippen LogP contribution in [0.4, 0.5) is 10.5 Å². The van der Waals surface area contributed by atoms with Crippen molar-refractivity contribution in [2.75, 3.05) is 44.8 Å². The zero-order valence-electron chi connectivity index (χ0n) is 15.0. The number of benzene rings is 1. The summed E-state index contributed by atoms with van der Waals surface area (Å²) in [5.74, 6) is 1.34. The van der Waals surface area contributed by atoms with Crippen molar-refractivity contribution in [3.8, 4) is 11.5 Å². The molecule has 0 bridgehead atoms. The van der Waals surface area contributed by atoms with Gasteiger partial charge in [0, 0.05) is 30.9 Å². The van der Waals surface area contributed by atoms with Gasteiger partial charge in [0.1, 0.15) is 13.2 Å². The minimum Gasteiger partial charge on any atom is -0.486 e. The standard InChI is InChI=1S/C18H25N3O5/c1-2-24-18(23)21-7-5-13(6-8-21)20-17(22)12-19-14-3-4-15-16(11-14)26-10-9-25-15/h3-4,11,13,19H,2,5-10,12H2,1H3,(H,20,22). The lowest BCUT2D eigenvalue weighted by molar-refractivity contribution is -0.120. The van der Waals surface area contributed by atoms with E-state index in [2.05, 4.69) is 10.6 Å². The molecule has 8 nitrogen and oxygen atoms in total. The zero-order valence-corrected chi connectivity index (χ0v) is 15.0. The van der Waals surface area contributed by atoms with Crippen LogP contribution in [-0.4, -0.2) is 62.4 Å². The van der Waals surface area contributed by atoms with Gasteiger partial charge in [-0.2, -0.15) is 0 Å². The van der Waals surface area contributed by atoms with E-state index in [4.69, 9.17) is 14.2 Å². The van der Waals surface area contributed by atoms with Crippen LogP contribution in [-0.2, 0) is 9.53 Å². The number of amides is 2. The maximum Gasteiger partial charge on any atom is 0.409 e. The monoisotopic (exact) mass is 363 g/mol. The van der Waals surface area contributed by atoms with Gasteiger partial charge in [-0.3, -0.25) is 4.79 Å². The van der Waals surface area contributed by atoms with Crippen molar-refractivity contribution in [3.63, 3.8) is 0 Å². The van der Waals surface area contributed by atoms with Crippen molar-refractivity contribution in [1.29, 1.82) is 0 Å². The summed E-state index contributed by atoms with van der Waals surface area (Å²) in [5, 5.41) is 6.10. The Morgan fingerprint density at radius 1 is 1.19 bits per heavy atom. The maximum absolute atomic E-state index is 12.2. The molecule has 0 radical (unpaired) electrons. The molecule has 3 rings (SSSR count). The Labute approximate surface area is 152 Å². The fraction of sp³-hybridized carbons (Fsp3) is 0.556. The van der Waals surface area contributed by atoms with E-state index in [0.29, 0.717) is 38.7 Å². The SMILES string of the molecule is CCOC(=O)N1CCC(NC(=O)CNc2ccc3c(c2)OCCO3)CC1. The Morgan fingerprint density at radius 3 is 2.65 bits per heavy atom. The quantitative estimate of drug-likeness (QED) is 0.826. The van der Waals surface area contributed by atoms with Gasteiger partial charge in [-0.1, -0.05) is 0 Å². The summed E-state index contributed by atoms with van der Waals surface area (Å²) in [4.78, 5) is 25.5. The number of fused-ring (bicyclic) bond motifs is 1. The van der Waals surface area contributed by atoms with E-state index in [9.17, 15) is 9.59 Å². The first-order valence-corrected chi connectivity index (χ1v) is 9.00. The van der Waals surface area contributed by atoms with Crippen LogP contribution in [0.2, 0.25) is 0 Å². The zero-order chi connectivity index (χ0) is 18.4. The molecule has 2 amide bonds. The molecule has 0 saturated carbocycles. The molecule has 2 aliphatic heterocycles. The molecule has 142 valence electrons. The molecule has 26 heavy (non-hydrogen) atoms. The molecule has 1 saturated heterocycles. The van der Waals surface area contributed by atoms with E-state index in [1.807, 2.05) is 18.2 Å². The molecule has 0 atom stereocenters. The molecule has 0 spiro atoms. The van der Waals surface area contributed by atoms with E-state index < -0.39 is 0 Å². The summed E-state index contributed by atoms with van der Waals surface area (Å²) >= 11 is 0. The second kappa shape index (κ2) is 8.64. The average Bonchev–Trinajstić information content (AvgIpc) is 2.67. The third-order valence-electron chi connectivity index (χ3n) is 4.38. The van der Waals surface area contributed by atoms with Crippen LogP contribution in [0.25, 0.3) is 0 Å². The van der Waals surface area contributed by atoms with Gasteiger partial charge in [0.15, 0.2) is 11.5 Å². The predicted octanol–water partition coefficient (Wildman–Crippen LogP) is 1.61. The van der Waals surface area contributed by atoms with Crippen LogP contribution in [0, 0.1) is 0 Å². The second-order valence-electron chi connectivity index (χ2n) is 6.24. The Kier molecular flexibility index (Phi) is 6.04. The van der Waals surface area contributed by atoms with Gasteiger partial charge < -0.3 is 29.7 Å². The van der Waals surface area contributed by atoms with Crippen LogP contribution >= 0.6 is 0 Å². The lowest BCUT2D eigenvalue weighted by atomic mass is 10.1. The predicted molar refractivity (Wildman–Crippen MR) is 95.7 cm³/mol. The van der Waals surface area contributed by atoms with E-state index in [1.54, 1.807) is 11.8 Å². The molecule has 1 fully saturated rings. The molecule has 0 aliphatic carbocycles. The minimum atomic E-state index is -0.280. The van der Waals surface area contributed by atoms with Crippen molar-refractivity contribution in [2.24, 2.45) is 0 Å². The number of hydrogen-bond donors (Lipinski definition) is 2. The van der Waals surface area contributed by atoms with Gasteiger partial charge in [-0.05, 0) is 31.9 Å². The number of hydrogen-bond acceptors (Lipinski definition) is 6. The molecular weight excluding hydrogens is 338 g/mol. The Morgan fingerprint density at radius 2 is 1.92 bits per heavy atom. The smallest absolute Gasteiger partial charge is 0.409 e. The van der Waals surface area contributed by atoms with Crippen molar-refractivity contribution in [2.45, 2.75) is 25.8 Å². The number of rotatable bonds is 5. The summed E-state index contributed by atoms with van der Waals surface area (Å²) in [6, 6.07) is 5.60. The topological polar surface area (TPSA) is 89.1 Å². The van der Waals surface area contributed by atoms with Crippen LogP contribution < -0.4 is 20.1 Å². The number of carbonyl (C=O) groups excluding carboxylic acids is 2. The Hall–Kier alpha value is -2.64. The van der Waals surface area contributed by atoms with Gasteiger partial charge in [-0.15, -0.1) is 0 Å². The first-order valence-electron chi connectivity index (χ1n) is 9.00. The highest BCUT2D eigenvalue weighted by molar-refractivity contribution is 5.81. The summed E-state index contributed by atoms with van der Waals surface area (Å²) in [6.45, 7) is 4.62. The summed E-state index contributed by atoms with van der Waals surface area (Å²) < 4.78 is 16.0. The highest BCUT2D eigenvalue weighted by atomic mass is 16.6. The fourth-order valence-corrected chi connectivity index (χ4v) is 3.04. The number of ether oxygens (including phenoxy) is 3. The van der Waals surface area contributed by atoms with Crippen LogP contribution in [0.3, 0.4) is 0 Å². The van der Waals surface area contributed by atoms with Crippen molar-refractivity contribution in [3.05, 3.63) is 18.2 Å². The van der Waals surface area contributed by atoms with Crippen molar-refractivity contribution in [1.82, 2.24) is 10.2 Å². The molecule has 2 heterocycles. The highest BCUT2D eigenvalue weighted by Gasteiger charge is 2.24. The summed E-state index contributed by atoms with van der Waals surface area (Å²) in [6.07, 6.45) is 1.18. The average molecular weight is 363 g/mol. The molecule has 0 unspecified atom stereocenters. The molecule has 0 aromatic heterocycles. The van der Waals surface area contributed by atoms with Gasteiger partial charge in [-0.25, -0.2) is 4.79 Å². The van der Waals surface area contributed by atoms with Gasteiger partial charge >= 0.3 is 6.09 Å². The van der Waals surface area contributed by atoms with Crippen LogP contribution in [0.15, 0.2) is 18.2 Å². The first-order chi connectivity index (χ1) is 12.7. The van der Waals surface area contributed by atoms with E-state index in [0.717, 1.165) is 24.3 Å². The van der Waals surface area contributed by atoms with Gasteiger partial charge in [0.2, 0.25) is 5.91 Å². The molecule has 2 aliphatic rings. The third kappa shape index (κ3) is 4.71. The van der Waals surface area contributed by atoms with Crippen molar-refractivity contribution < 1.29 is 23.8 Å².